The monoisotopic (exact) mass is 334 g/mol. The first-order chi connectivity index (χ1) is 11.7. The summed E-state index contributed by atoms with van der Waals surface area (Å²) in [4.78, 5) is 37.0. The molecule has 3 unspecified atom stereocenters. The van der Waals surface area contributed by atoms with Gasteiger partial charge >= 0.3 is 0 Å². The first kappa shape index (κ1) is 17.0. The molecule has 5 heteroatoms. The van der Waals surface area contributed by atoms with Gasteiger partial charge in [0, 0.05) is 10.8 Å². The Bertz CT molecular complexity index is 891. The number of carbonyl (C=O) groups is 3. The van der Waals surface area contributed by atoms with Crippen molar-refractivity contribution in [3.8, 4) is 12.1 Å². The maximum atomic E-state index is 12.6. The van der Waals surface area contributed by atoms with Crippen molar-refractivity contribution in [3.63, 3.8) is 0 Å². The molecule has 0 amide bonds. The molecule has 0 aliphatic heterocycles. The number of Topliss-reactive ketones (excluding diaryl/α,β-unsaturated/α-hetero) is 1. The van der Waals surface area contributed by atoms with Crippen LogP contribution < -0.4 is 0 Å². The lowest BCUT2D eigenvalue weighted by atomic mass is 9.45. The van der Waals surface area contributed by atoms with E-state index in [-0.39, 0.29) is 22.8 Å². The smallest absolute Gasteiger partial charge is 0.196 e. The fourth-order valence-electron chi connectivity index (χ4n) is 4.97. The molecule has 3 rings (SSSR count). The zero-order chi connectivity index (χ0) is 18.6. The van der Waals surface area contributed by atoms with Gasteiger partial charge in [-0.2, -0.15) is 10.5 Å². The van der Waals surface area contributed by atoms with Crippen molar-refractivity contribution in [1.82, 2.24) is 0 Å². The van der Waals surface area contributed by atoms with Crippen molar-refractivity contribution in [2.45, 2.75) is 33.6 Å². The van der Waals surface area contributed by atoms with Gasteiger partial charge in [-0.05, 0) is 36.5 Å². The molecule has 25 heavy (non-hydrogen) atoms. The minimum absolute atomic E-state index is 0.0338. The zero-order valence-electron chi connectivity index (χ0n) is 14.4. The van der Waals surface area contributed by atoms with Gasteiger partial charge in [-0.25, -0.2) is 0 Å². The van der Waals surface area contributed by atoms with E-state index in [4.69, 9.17) is 0 Å². The zero-order valence-corrected chi connectivity index (χ0v) is 14.4. The van der Waals surface area contributed by atoms with Crippen LogP contribution in [-0.4, -0.2) is 17.9 Å². The molecule has 1 saturated carbocycles. The predicted molar refractivity (Wildman–Crippen MR) is 88.6 cm³/mol. The largest absolute Gasteiger partial charge is 0.302 e. The predicted octanol–water partition coefficient (Wildman–Crippen LogP) is 2.61. The number of rotatable bonds is 1. The molecule has 0 aromatic rings. The number of nitriles is 2. The molecule has 0 radical (unpaired) electrons. The maximum absolute atomic E-state index is 12.6. The van der Waals surface area contributed by atoms with E-state index in [1.165, 1.54) is 12.2 Å². The van der Waals surface area contributed by atoms with Crippen molar-refractivity contribution in [1.29, 1.82) is 10.5 Å². The molecule has 0 aromatic carbocycles. The molecule has 0 bridgehead atoms. The Morgan fingerprint density at radius 2 is 1.76 bits per heavy atom. The minimum atomic E-state index is -1.03. The average Bonchev–Trinajstić information content (AvgIpc) is 2.58. The number of carbonyl (C=O) groups excluding carboxylic acids is 3. The summed E-state index contributed by atoms with van der Waals surface area (Å²) < 4.78 is 0. The molecule has 5 nitrogen and oxygen atoms in total. The summed E-state index contributed by atoms with van der Waals surface area (Å²) in [7, 11) is 0. The number of hydrogen-bond donors (Lipinski definition) is 0. The normalized spacial score (nSPS) is 35.9. The standard InChI is InChI=1S/C20H18N2O3/c1-18(2)15-4-5-20(11-23)8-12(9-21)14(24)6-16(20)19(15,3)7-13(10-22)17(18)25/h6-8,11,15H,4-5H2,1-3H3. The van der Waals surface area contributed by atoms with Crippen molar-refractivity contribution in [2.75, 3.05) is 0 Å². The van der Waals surface area contributed by atoms with E-state index >= 15 is 0 Å². The van der Waals surface area contributed by atoms with Crippen molar-refractivity contribution < 1.29 is 14.4 Å². The SMILES string of the molecule is CC1(C)C(=O)C(C#N)=CC2(C)C3=CC(=O)C(C#N)=CC3(C=O)CCC12. The molecule has 0 N–H and O–H groups in total. The average molecular weight is 334 g/mol. The van der Waals surface area contributed by atoms with E-state index in [9.17, 15) is 24.9 Å². The summed E-state index contributed by atoms with van der Waals surface area (Å²) in [5.74, 6) is -0.765. The number of nitrogens with zero attached hydrogens (tertiary/aromatic N) is 2. The first-order valence-electron chi connectivity index (χ1n) is 8.20. The van der Waals surface area contributed by atoms with Crippen LogP contribution in [0.2, 0.25) is 0 Å². The Balaban J connectivity index is 2.30. The third-order valence-electron chi connectivity index (χ3n) is 6.19. The van der Waals surface area contributed by atoms with E-state index in [2.05, 4.69) is 0 Å². The lowest BCUT2D eigenvalue weighted by molar-refractivity contribution is -0.130. The Morgan fingerprint density at radius 1 is 1.12 bits per heavy atom. The highest BCUT2D eigenvalue weighted by molar-refractivity contribution is 6.10. The molecule has 126 valence electrons. The molecule has 0 aromatic heterocycles. The third kappa shape index (κ3) is 2.02. The second kappa shape index (κ2) is 5.10. The second-order valence-corrected chi connectivity index (χ2v) is 7.84. The third-order valence-corrected chi connectivity index (χ3v) is 6.19. The summed E-state index contributed by atoms with van der Waals surface area (Å²) in [5.41, 5.74) is -1.95. The first-order valence-corrected chi connectivity index (χ1v) is 8.20. The quantitative estimate of drug-likeness (QED) is 0.686. The molecule has 3 aliphatic rings. The number of ketones is 2. The van der Waals surface area contributed by atoms with Gasteiger partial charge < -0.3 is 4.79 Å². The van der Waals surface area contributed by atoms with Crippen LogP contribution in [0.25, 0.3) is 0 Å². The van der Waals surface area contributed by atoms with E-state index in [1.54, 1.807) is 6.08 Å². The Morgan fingerprint density at radius 3 is 2.32 bits per heavy atom. The molecule has 3 atom stereocenters. The molecule has 0 heterocycles. The highest BCUT2D eigenvalue weighted by atomic mass is 16.1. The van der Waals surface area contributed by atoms with E-state index in [1.807, 2.05) is 32.9 Å². The Labute approximate surface area is 146 Å². The van der Waals surface area contributed by atoms with Crippen molar-refractivity contribution >= 4 is 17.9 Å². The lowest BCUT2D eigenvalue weighted by Gasteiger charge is -2.56. The summed E-state index contributed by atoms with van der Waals surface area (Å²) in [6, 6.07) is 3.83. The van der Waals surface area contributed by atoms with Crippen molar-refractivity contribution in [3.05, 3.63) is 34.9 Å². The van der Waals surface area contributed by atoms with Gasteiger partial charge in [0.15, 0.2) is 11.6 Å². The van der Waals surface area contributed by atoms with Gasteiger partial charge in [-0.3, -0.25) is 9.59 Å². The molecular formula is C20H18N2O3. The van der Waals surface area contributed by atoms with Crippen LogP contribution in [0.3, 0.4) is 0 Å². The van der Waals surface area contributed by atoms with Crippen LogP contribution in [0, 0.1) is 44.8 Å². The molecular weight excluding hydrogens is 316 g/mol. The molecule has 1 fully saturated rings. The van der Waals surface area contributed by atoms with Crippen LogP contribution in [0.1, 0.15) is 33.6 Å². The highest BCUT2D eigenvalue weighted by Gasteiger charge is 2.59. The van der Waals surface area contributed by atoms with Gasteiger partial charge in [0.25, 0.3) is 0 Å². The van der Waals surface area contributed by atoms with E-state index in [0.717, 1.165) is 6.29 Å². The topological polar surface area (TPSA) is 98.8 Å². The lowest BCUT2D eigenvalue weighted by Crippen LogP contribution is -2.54. The summed E-state index contributed by atoms with van der Waals surface area (Å²) >= 11 is 0. The van der Waals surface area contributed by atoms with Gasteiger partial charge in [-0.15, -0.1) is 0 Å². The fraction of sp³-hybridized carbons (Fsp3) is 0.450. The number of aldehydes is 1. The summed E-state index contributed by atoms with van der Waals surface area (Å²) in [6.07, 6.45) is 6.26. The summed E-state index contributed by atoms with van der Waals surface area (Å²) in [6.45, 7) is 5.52. The van der Waals surface area contributed by atoms with Gasteiger partial charge in [-0.1, -0.05) is 26.8 Å². The maximum Gasteiger partial charge on any atom is 0.196 e. The molecule has 3 aliphatic carbocycles. The number of allylic oxidation sites excluding steroid dienone is 6. The van der Waals surface area contributed by atoms with Crippen LogP contribution >= 0.6 is 0 Å². The van der Waals surface area contributed by atoms with E-state index < -0.39 is 22.0 Å². The van der Waals surface area contributed by atoms with Crippen LogP contribution in [0.15, 0.2) is 34.9 Å². The van der Waals surface area contributed by atoms with Crippen LogP contribution in [0.5, 0.6) is 0 Å². The fourth-order valence-corrected chi connectivity index (χ4v) is 4.97. The Hall–Kier alpha value is -2.79. The molecule has 0 spiro atoms. The van der Waals surface area contributed by atoms with Crippen LogP contribution in [-0.2, 0) is 14.4 Å². The molecule has 0 saturated heterocycles. The number of fused-ring (bicyclic) bond motifs is 3. The highest BCUT2D eigenvalue weighted by Crippen LogP contribution is 2.62. The van der Waals surface area contributed by atoms with Gasteiger partial charge in [0.05, 0.1) is 16.6 Å². The van der Waals surface area contributed by atoms with Crippen LogP contribution in [0.4, 0.5) is 0 Å². The Kier molecular flexibility index (Phi) is 3.48. The van der Waals surface area contributed by atoms with Gasteiger partial charge in [0.2, 0.25) is 0 Å². The number of hydrogen-bond acceptors (Lipinski definition) is 5. The second-order valence-electron chi connectivity index (χ2n) is 7.84. The van der Waals surface area contributed by atoms with E-state index in [0.29, 0.717) is 18.4 Å². The summed E-state index contributed by atoms with van der Waals surface area (Å²) in [5, 5.41) is 18.6. The minimum Gasteiger partial charge on any atom is -0.302 e. The van der Waals surface area contributed by atoms with Crippen molar-refractivity contribution in [2.24, 2.45) is 22.2 Å². The van der Waals surface area contributed by atoms with Gasteiger partial charge in [0.1, 0.15) is 18.4 Å².